The summed E-state index contributed by atoms with van der Waals surface area (Å²) in [4.78, 5) is 6.88. The van der Waals surface area contributed by atoms with Crippen LogP contribution in [0.4, 0.5) is 0 Å². The van der Waals surface area contributed by atoms with Crippen molar-refractivity contribution in [2.24, 2.45) is 0 Å². The summed E-state index contributed by atoms with van der Waals surface area (Å²) in [6, 6.07) is 4.57. The van der Waals surface area contributed by atoms with E-state index in [2.05, 4.69) is 38.8 Å². The fourth-order valence-electron chi connectivity index (χ4n) is 1.92. The molecule has 1 atom stereocenters. The molecule has 1 aliphatic heterocycles. The van der Waals surface area contributed by atoms with E-state index >= 15 is 0 Å². The lowest BCUT2D eigenvalue weighted by Gasteiger charge is -2.34. The summed E-state index contributed by atoms with van der Waals surface area (Å²) < 4.78 is 5.48. The number of hydrogen-bond acceptors (Lipinski definition) is 3. The fraction of sp³-hybridized carbons (Fsp3) is 0.583. The highest BCUT2D eigenvalue weighted by Gasteiger charge is 2.22. The molecule has 0 saturated carbocycles. The molecule has 1 aliphatic rings. The SMILES string of the molecule is Cc1cccnc1CN1CCOCC1CBr. The Morgan fingerprint density at radius 1 is 1.62 bits per heavy atom. The van der Waals surface area contributed by atoms with Crippen LogP contribution in [0, 0.1) is 6.92 Å². The molecule has 1 aromatic heterocycles. The maximum absolute atomic E-state index is 5.48. The maximum Gasteiger partial charge on any atom is 0.0630 e. The van der Waals surface area contributed by atoms with E-state index in [9.17, 15) is 0 Å². The van der Waals surface area contributed by atoms with Crippen molar-refractivity contribution in [1.29, 1.82) is 0 Å². The fourth-order valence-corrected chi connectivity index (χ4v) is 2.51. The van der Waals surface area contributed by atoms with Gasteiger partial charge < -0.3 is 4.74 Å². The average Bonchev–Trinajstić information content (AvgIpc) is 2.33. The van der Waals surface area contributed by atoms with Crippen molar-refractivity contribution in [3.05, 3.63) is 29.6 Å². The molecule has 0 aromatic carbocycles. The summed E-state index contributed by atoms with van der Waals surface area (Å²) in [6.45, 7) is 5.68. The van der Waals surface area contributed by atoms with Gasteiger partial charge in [-0.25, -0.2) is 0 Å². The van der Waals surface area contributed by atoms with E-state index in [0.29, 0.717) is 6.04 Å². The van der Waals surface area contributed by atoms with E-state index in [4.69, 9.17) is 4.74 Å². The number of nitrogens with zero attached hydrogens (tertiary/aromatic N) is 2. The first kappa shape index (κ1) is 12.0. The molecule has 0 radical (unpaired) electrons. The van der Waals surface area contributed by atoms with Gasteiger partial charge in [0.1, 0.15) is 0 Å². The summed E-state index contributed by atoms with van der Waals surface area (Å²) >= 11 is 3.54. The Bertz CT molecular complexity index is 346. The third-order valence-electron chi connectivity index (χ3n) is 3.00. The van der Waals surface area contributed by atoms with Crippen molar-refractivity contribution in [3.8, 4) is 0 Å². The van der Waals surface area contributed by atoms with E-state index in [1.54, 1.807) is 0 Å². The van der Waals surface area contributed by atoms with Crippen LogP contribution < -0.4 is 0 Å². The summed E-state index contributed by atoms with van der Waals surface area (Å²) in [5.41, 5.74) is 2.44. The van der Waals surface area contributed by atoms with Gasteiger partial charge in [-0.3, -0.25) is 9.88 Å². The van der Waals surface area contributed by atoms with Gasteiger partial charge in [-0.15, -0.1) is 0 Å². The number of ether oxygens (including phenoxy) is 1. The largest absolute Gasteiger partial charge is 0.378 e. The first-order chi connectivity index (χ1) is 7.81. The first-order valence-electron chi connectivity index (χ1n) is 5.59. The van der Waals surface area contributed by atoms with Gasteiger partial charge >= 0.3 is 0 Å². The lowest BCUT2D eigenvalue weighted by Crippen LogP contribution is -2.46. The molecule has 88 valence electrons. The molecule has 3 nitrogen and oxygen atoms in total. The number of hydrogen-bond donors (Lipinski definition) is 0. The van der Waals surface area contributed by atoms with Gasteiger partial charge in [0, 0.05) is 30.7 Å². The molecule has 1 aromatic rings. The lowest BCUT2D eigenvalue weighted by atomic mass is 10.2. The highest BCUT2D eigenvalue weighted by atomic mass is 79.9. The molecule has 1 fully saturated rings. The molecule has 2 heterocycles. The normalized spacial score (nSPS) is 22.2. The molecule has 1 unspecified atom stereocenters. The highest BCUT2D eigenvalue weighted by Crippen LogP contribution is 2.14. The van der Waals surface area contributed by atoms with E-state index in [1.165, 1.54) is 11.3 Å². The van der Waals surface area contributed by atoms with Crippen molar-refractivity contribution < 1.29 is 4.74 Å². The lowest BCUT2D eigenvalue weighted by molar-refractivity contribution is -0.00275. The predicted octanol–water partition coefficient (Wildman–Crippen LogP) is 1.99. The Balaban J connectivity index is 2.05. The third-order valence-corrected chi connectivity index (χ3v) is 3.75. The Hall–Kier alpha value is -0.450. The topological polar surface area (TPSA) is 25.4 Å². The minimum Gasteiger partial charge on any atom is -0.378 e. The number of alkyl halides is 1. The summed E-state index contributed by atoms with van der Waals surface area (Å²) in [7, 11) is 0. The average molecular weight is 285 g/mol. The Kier molecular flexibility index (Phi) is 4.32. The number of aromatic nitrogens is 1. The summed E-state index contributed by atoms with van der Waals surface area (Å²) in [6.07, 6.45) is 1.87. The molecule has 0 aliphatic carbocycles. The van der Waals surface area contributed by atoms with Gasteiger partial charge in [-0.05, 0) is 18.6 Å². The second-order valence-electron chi connectivity index (χ2n) is 4.12. The second kappa shape index (κ2) is 5.75. The van der Waals surface area contributed by atoms with E-state index in [0.717, 1.165) is 31.6 Å². The molecule has 0 spiro atoms. The van der Waals surface area contributed by atoms with Crippen LogP contribution in [-0.4, -0.2) is 41.0 Å². The number of pyridine rings is 1. The number of aryl methyl sites for hydroxylation is 1. The van der Waals surface area contributed by atoms with Crippen LogP contribution in [0.25, 0.3) is 0 Å². The van der Waals surface area contributed by atoms with E-state index < -0.39 is 0 Å². The Morgan fingerprint density at radius 2 is 2.50 bits per heavy atom. The zero-order valence-electron chi connectivity index (χ0n) is 9.53. The van der Waals surface area contributed by atoms with Crippen molar-refractivity contribution in [1.82, 2.24) is 9.88 Å². The molecule has 4 heteroatoms. The van der Waals surface area contributed by atoms with Crippen molar-refractivity contribution >= 4 is 15.9 Å². The van der Waals surface area contributed by atoms with Gasteiger partial charge in [0.15, 0.2) is 0 Å². The highest BCUT2D eigenvalue weighted by molar-refractivity contribution is 9.09. The molecule has 1 saturated heterocycles. The van der Waals surface area contributed by atoms with Crippen molar-refractivity contribution in [2.75, 3.05) is 25.1 Å². The first-order valence-corrected chi connectivity index (χ1v) is 6.71. The quantitative estimate of drug-likeness (QED) is 0.794. The van der Waals surface area contributed by atoms with Gasteiger partial charge in [0.25, 0.3) is 0 Å². The van der Waals surface area contributed by atoms with Crippen LogP contribution in [0.2, 0.25) is 0 Å². The van der Waals surface area contributed by atoms with Gasteiger partial charge in [-0.2, -0.15) is 0 Å². The van der Waals surface area contributed by atoms with Crippen LogP contribution in [0.15, 0.2) is 18.3 Å². The molecule has 2 rings (SSSR count). The molecule has 0 bridgehead atoms. The minimum atomic E-state index is 0.468. The van der Waals surface area contributed by atoms with Gasteiger partial charge in [-0.1, -0.05) is 22.0 Å². The predicted molar refractivity (Wildman–Crippen MR) is 67.8 cm³/mol. The van der Waals surface area contributed by atoms with Crippen LogP contribution in [0.1, 0.15) is 11.3 Å². The number of morpholine rings is 1. The zero-order chi connectivity index (χ0) is 11.4. The number of rotatable bonds is 3. The third kappa shape index (κ3) is 2.81. The zero-order valence-corrected chi connectivity index (χ0v) is 11.1. The van der Waals surface area contributed by atoms with Crippen LogP contribution in [0.3, 0.4) is 0 Å². The van der Waals surface area contributed by atoms with Crippen molar-refractivity contribution in [3.63, 3.8) is 0 Å². The Morgan fingerprint density at radius 3 is 3.25 bits per heavy atom. The minimum absolute atomic E-state index is 0.468. The van der Waals surface area contributed by atoms with Gasteiger partial charge in [0.2, 0.25) is 0 Å². The standard InChI is InChI=1S/C12H17BrN2O/c1-10-3-2-4-14-12(10)8-15-5-6-16-9-11(15)7-13/h2-4,11H,5-9H2,1H3. The molecular weight excluding hydrogens is 268 g/mol. The smallest absolute Gasteiger partial charge is 0.0630 e. The van der Waals surface area contributed by atoms with Crippen molar-refractivity contribution in [2.45, 2.75) is 19.5 Å². The maximum atomic E-state index is 5.48. The summed E-state index contributed by atoms with van der Waals surface area (Å²) in [5, 5.41) is 0.957. The molecule has 0 amide bonds. The van der Waals surface area contributed by atoms with Gasteiger partial charge in [0.05, 0.1) is 18.9 Å². The second-order valence-corrected chi connectivity index (χ2v) is 4.77. The van der Waals surface area contributed by atoms with E-state index in [-0.39, 0.29) is 0 Å². The molecule has 16 heavy (non-hydrogen) atoms. The summed E-state index contributed by atoms with van der Waals surface area (Å²) in [5.74, 6) is 0. The van der Waals surface area contributed by atoms with E-state index in [1.807, 2.05) is 12.3 Å². The van der Waals surface area contributed by atoms with Crippen LogP contribution in [-0.2, 0) is 11.3 Å². The monoisotopic (exact) mass is 284 g/mol. The Labute approximate surface area is 105 Å². The molecular formula is C12H17BrN2O. The van der Waals surface area contributed by atoms with Crippen LogP contribution in [0.5, 0.6) is 0 Å². The number of halogens is 1. The molecule has 0 N–H and O–H groups in total. The van der Waals surface area contributed by atoms with Crippen LogP contribution >= 0.6 is 15.9 Å².